The molecule has 0 heterocycles. The highest BCUT2D eigenvalue weighted by molar-refractivity contribution is 7.94. The molecule has 0 aliphatic rings. The van der Waals surface area contributed by atoms with Crippen molar-refractivity contribution < 1.29 is 0 Å². The summed E-state index contributed by atoms with van der Waals surface area (Å²) < 4.78 is 0. The average Bonchev–Trinajstić information content (AvgIpc) is 2.60. The Labute approximate surface area is 132 Å². The maximum atomic E-state index is 6.56. The van der Waals surface area contributed by atoms with Crippen LogP contribution in [0.5, 0.6) is 0 Å². The van der Waals surface area contributed by atoms with Crippen LogP contribution in [0.25, 0.3) is 21.5 Å². The Bertz CT molecular complexity index is 882. The molecule has 0 N–H and O–H groups in total. The molecule has 0 fully saturated rings. The molecule has 4 aromatic carbocycles. The van der Waals surface area contributed by atoms with Gasteiger partial charge in [0.1, 0.15) is 7.57 Å². The van der Waals surface area contributed by atoms with E-state index in [9.17, 15) is 0 Å². The molecule has 0 aliphatic heterocycles. The fourth-order valence-electron chi connectivity index (χ4n) is 2.80. The molecule has 0 nitrogen and oxygen atoms in total. The fourth-order valence-corrected chi connectivity index (χ4v) is 4.13. The summed E-state index contributed by atoms with van der Waals surface area (Å²) >= 11 is 0. The first-order valence-electron chi connectivity index (χ1n) is 7.34. The predicted octanol–water partition coefficient (Wildman–Crippen LogP) is 4.51. The smallest absolute Gasteiger partial charge is 0.0960 e. The Morgan fingerprint density at radius 1 is 0.500 bits per heavy atom. The van der Waals surface area contributed by atoms with Crippen LogP contribution in [0.15, 0.2) is 84.9 Å². The molecule has 0 unspecified atom stereocenters. The van der Waals surface area contributed by atoms with E-state index in [1.807, 2.05) is 0 Å². The SMILES string of the molecule is [B]P(c1ccc2ccccc2c1)c1ccc2ccccc2c1. The molecule has 0 aliphatic carbocycles. The summed E-state index contributed by atoms with van der Waals surface area (Å²) in [6, 6.07) is 29.9. The van der Waals surface area contributed by atoms with Gasteiger partial charge in [0, 0.05) is 0 Å². The summed E-state index contributed by atoms with van der Waals surface area (Å²) in [6.45, 7) is 0. The van der Waals surface area contributed by atoms with Crippen LogP contribution in [0.4, 0.5) is 0 Å². The summed E-state index contributed by atoms with van der Waals surface area (Å²) in [5.41, 5.74) is 0. The minimum Gasteiger partial charge on any atom is -0.0960 e. The lowest BCUT2D eigenvalue weighted by molar-refractivity contribution is 1.77. The van der Waals surface area contributed by atoms with E-state index in [0.717, 1.165) is 0 Å². The molecule has 0 spiro atoms. The van der Waals surface area contributed by atoms with Crippen LogP contribution in [0.1, 0.15) is 0 Å². The summed E-state index contributed by atoms with van der Waals surface area (Å²) in [7, 11) is 5.75. The second kappa shape index (κ2) is 5.59. The van der Waals surface area contributed by atoms with Crippen LogP contribution in [0, 0.1) is 0 Å². The number of hydrogen-bond acceptors (Lipinski definition) is 0. The number of rotatable bonds is 2. The van der Waals surface area contributed by atoms with Gasteiger partial charge in [-0.25, -0.2) is 0 Å². The third kappa shape index (κ3) is 2.43. The predicted molar refractivity (Wildman–Crippen MR) is 99.8 cm³/mol. The van der Waals surface area contributed by atoms with Crippen LogP contribution >= 0.6 is 7.80 Å². The van der Waals surface area contributed by atoms with Crippen LogP contribution in [-0.2, 0) is 0 Å². The van der Waals surface area contributed by atoms with E-state index < -0.39 is 7.80 Å². The van der Waals surface area contributed by atoms with Gasteiger partial charge in [-0.1, -0.05) is 80.6 Å². The van der Waals surface area contributed by atoms with Crippen molar-refractivity contribution in [1.29, 1.82) is 0 Å². The molecule has 0 saturated heterocycles. The van der Waals surface area contributed by atoms with Gasteiger partial charge in [-0.15, -0.1) is 0 Å². The van der Waals surface area contributed by atoms with Crippen LogP contribution in [0.3, 0.4) is 0 Å². The summed E-state index contributed by atoms with van der Waals surface area (Å²) in [5, 5.41) is 7.44. The molecule has 0 aromatic heterocycles. The highest BCUT2D eigenvalue weighted by Gasteiger charge is 2.08. The Morgan fingerprint density at radius 3 is 1.36 bits per heavy atom. The van der Waals surface area contributed by atoms with Gasteiger partial charge >= 0.3 is 0 Å². The minimum absolute atomic E-state index is 0.817. The molecule has 4 aromatic rings. The first kappa shape index (κ1) is 13.6. The summed E-state index contributed by atoms with van der Waals surface area (Å²) in [4.78, 5) is 0. The molecule has 22 heavy (non-hydrogen) atoms. The minimum atomic E-state index is -0.817. The normalized spacial score (nSPS) is 11.3. The van der Waals surface area contributed by atoms with E-state index in [1.165, 1.54) is 32.2 Å². The molecule has 0 atom stereocenters. The van der Waals surface area contributed by atoms with Gasteiger partial charge in [-0.3, -0.25) is 0 Å². The lowest BCUT2D eigenvalue weighted by Gasteiger charge is -2.15. The molecular weight excluding hydrogens is 282 g/mol. The number of fused-ring (bicyclic) bond motifs is 2. The first-order chi connectivity index (χ1) is 10.8. The zero-order valence-corrected chi connectivity index (χ0v) is 13.0. The van der Waals surface area contributed by atoms with E-state index in [4.69, 9.17) is 7.57 Å². The van der Waals surface area contributed by atoms with Crippen molar-refractivity contribution in [3.05, 3.63) is 84.9 Å². The molecule has 2 radical (unpaired) electrons. The standard InChI is InChI=1S/C20H14BP/c21-22(19-11-9-15-5-1-3-7-17(15)13-19)20-12-10-16-6-2-4-8-18(16)14-20/h1-14H. The Morgan fingerprint density at radius 2 is 0.909 bits per heavy atom. The molecule has 4 rings (SSSR count). The van der Waals surface area contributed by atoms with E-state index in [2.05, 4.69) is 84.9 Å². The van der Waals surface area contributed by atoms with Crippen molar-refractivity contribution in [2.75, 3.05) is 0 Å². The number of benzene rings is 4. The second-order valence-corrected chi connectivity index (χ2v) is 7.21. The van der Waals surface area contributed by atoms with E-state index in [-0.39, 0.29) is 0 Å². The highest BCUT2D eigenvalue weighted by Crippen LogP contribution is 2.30. The van der Waals surface area contributed by atoms with Crippen LogP contribution in [0.2, 0.25) is 0 Å². The zero-order chi connectivity index (χ0) is 14.9. The Hall–Kier alpha value is -2.11. The van der Waals surface area contributed by atoms with Gasteiger partial charge in [0.15, 0.2) is 0 Å². The molecule has 2 heteroatoms. The Kier molecular flexibility index (Phi) is 3.44. The van der Waals surface area contributed by atoms with Gasteiger partial charge in [0.25, 0.3) is 0 Å². The van der Waals surface area contributed by atoms with Crippen LogP contribution in [-0.4, -0.2) is 7.57 Å². The monoisotopic (exact) mass is 296 g/mol. The van der Waals surface area contributed by atoms with Gasteiger partial charge < -0.3 is 0 Å². The quantitative estimate of drug-likeness (QED) is 0.377. The maximum absolute atomic E-state index is 6.56. The van der Waals surface area contributed by atoms with Crippen LogP contribution < -0.4 is 10.6 Å². The lowest BCUT2D eigenvalue weighted by atomic mass is 10.1. The van der Waals surface area contributed by atoms with Gasteiger partial charge in [-0.2, -0.15) is 0 Å². The largest absolute Gasteiger partial charge is 0.121 e. The maximum Gasteiger partial charge on any atom is 0.121 e. The third-order valence-electron chi connectivity index (χ3n) is 4.02. The third-order valence-corrected chi connectivity index (χ3v) is 5.69. The Balaban J connectivity index is 1.78. The van der Waals surface area contributed by atoms with Crippen molar-refractivity contribution in [2.45, 2.75) is 0 Å². The van der Waals surface area contributed by atoms with E-state index in [1.54, 1.807) is 0 Å². The highest BCUT2D eigenvalue weighted by atomic mass is 31.1. The van der Waals surface area contributed by atoms with Gasteiger partial charge in [-0.05, 0) is 44.3 Å². The lowest BCUT2D eigenvalue weighted by Crippen LogP contribution is -2.11. The van der Waals surface area contributed by atoms with Gasteiger partial charge in [0.2, 0.25) is 0 Å². The average molecular weight is 296 g/mol. The van der Waals surface area contributed by atoms with Crippen molar-refractivity contribution in [2.24, 2.45) is 0 Å². The van der Waals surface area contributed by atoms with Crippen molar-refractivity contribution in [3.8, 4) is 0 Å². The zero-order valence-electron chi connectivity index (χ0n) is 12.1. The van der Waals surface area contributed by atoms with E-state index >= 15 is 0 Å². The fraction of sp³-hybridized carbons (Fsp3) is 0. The molecular formula is C20H14BP. The summed E-state index contributed by atoms with van der Waals surface area (Å²) in [5.74, 6) is 0. The number of hydrogen-bond donors (Lipinski definition) is 0. The summed E-state index contributed by atoms with van der Waals surface area (Å²) in [6.07, 6.45) is 0. The van der Waals surface area contributed by atoms with Crippen molar-refractivity contribution in [1.82, 2.24) is 0 Å². The van der Waals surface area contributed by atoms with Crippen molar-refractivity contribution >= 4 is 47.5 Å². The molecule has 0 amide bonds. The van der Waals surface area contributed by atoms with Crippen molar-refractivity contribution in [3.63, 3.8) is 0 Å². The topological polar surface area (TPSA) is 0 Å². The second-order valence-electron chi connectivity index (χ2n) is 5.43. The molecule has 0 saturated carbocycles. The molecule has 102 valence electrons. The molecule has 0 bridgehead atoms. The van der Waals surface area contributed by atoms with E-state index in [0.29, 0.717) is 0 Å². The first-order valence-corrected chi connectivity index (χ1v) is 8.75. The van der Waals surface area contributed by atoms with Gasteiger partial charge in [0.05, 0.1) is 0 Å².